The van der Waals surface area contributed by atoms with Crippen molar-refractivity contribution in [2.24, 2.45) is 0 Å². The van der Waals surface area contributed by atoms with Crippen LogP contribution in [0.15, 0.2) is 16.0 Å². The molecule has 0 radical (unpaired) electrons. The fourth-order valence-corrected chi connectivity index (χ4v) is 2.55. The van der Waals surface area contributed by atoms with Crippen molar-refractivity contribution in [1.82, 2.24) is 10.1 Å². The highest BCUT2D eigenvalue weighted by Crippen LogP contribution is 2.32. The first-order valence-electron chi connectivity index (χ1n) is 4.32. The number of anilines is 1. The first-order valence-corrected chi connectivity index (χ1v) is 7.09. The molecule has 0 spiro atoms. The molecule has 0 saturated carbocycles. The van der Waals surface area contributed by atoms with Crippen molar-refractivity contribution < 1.29 is 12.9 Å². The molecule has 0 aliphatic carbocycles. The molecular weight excluding hydrogens is 250 g/mol. The summed E-state index contributed by atoms with van der Waals surface area (Å²) >= 11 is 1.33. The maximum absolute atomic E-state index is 11.1. The van der Waals surface area contributed by atoms with Gasteiger partial charge in [0.2, 0.25) is 10.0 Å². The molecule has 1 N–H and O–H groups in total. The average Bonchev–Trinajstić information content (AvgIpc) is 2.71. The minimum atomic E-state index is -3.30. The van der Waals surface area contributed by atoms with E-state index in [4.69, 9.17) is 4.52 Å². The Hall–Kier alpha value is -1.41. The number of rotatable bonds is 3. The fourth-order valence-electron chi connectivity index (χ4n) is 1.14. The third-order valence-corrected chi connectivity index (χ3v) is 3.18. The van der Waals surface area contributed by atoms with Crippen LogP contribution in [0, 0.1) is 6.92 Å². The van der Waals surface area contributed by atoms with E-state index in [-0.39, 0.29) is 0 Å². The van der Waals surface area contributed by atoms with E-state index in [1.807, 2.05) is 0 Å². The molecule has 0 amide bonds. The van der Waals surface area contributed by atoms with Crippen molar-refractivity contribution in [3.63, 3.8) is 0 Å². The van der Waals surface area contributed by atoms with Gasteiger partial charge in [0.25, 0.3) is 5.89 Å². The van der Waals surface area contributed by atoms with Gasteiger partial charge in [-0.15, -0.1) is 11.3 Å². The second kappa shape index (κ2) is 3.87. The third-order valence-electron chi connectivity index (χ3n) is 1.68. The van der Waals surface area contributed by atoms with E-state index in [0.717, 1.165) is 6.26 Å². The van der Waals surface area contributed by atoms with Crippen molar-refractivity contribution >= 4 is 27.0 Å². The number of sulfonamides is 1. The zero-order valence-corrected chi connectivity index (χ0v) is 10.2. The zero-order chi connectivity index (χ0) is 11.8. The van der Waals surface area contributed by atoms with E-state index < -0.39 is 10.0 Å². The van der Waals surface area contributed by atoms with Gasteiger partial charge in [-0.1, -0.05) is 5.16 Å². The Bertz CT molecular complexity index is 600. The summed E-state index contributed by atoms with van der Waals surface area (Å²) in [6.45, 7) is 1.70. The Kier molecular flexibility index (Phi) is 2.68. The third kappa shape index (κ3) is 2.39. The largest absolute Gasteiger partial charge is 0.333 e. The molecule has 0 aliphatic rings. The second-order valence-corrected chi connectivity index (χ2v) is 5.85. The van der Waals surface area contributed by atoms with Gasteiger partial charge in [-0.05, 0) is 18.4 Å². The fraction of sp³-hybridized carbons (Fsp3) is 0.250. The van der Waals surface area contributed by atoms with Gasteiger partial charge in [0, 0.05) is 0 Å². The lowest BCUT2D eigenvalue weighted by Crippen LogP contribution is -2.09. The van der Waals surface area contributed by atoms with E-state index in [1.165, 1.54) is 11.3 Å². The highest BCUT2D eigenvalue weighted by molar-refractivity contribution is 7.92. The molecule has 0 unspecified atom stereocenters. The van der Waals surface area contributed by atoms with Gasteiger partial charge in [-0.25, -0.2) is 8.42 Å². The zero-order valence-electron chi connectivity index (χ0n) is 8.59. The normalized spacial score (nSPS) is 11.6. The van der Waals surface area contributed by atoms with E-state index in [9.17, 15) is 8.42 Å². The van der Waals surface area contributed by atoms with Crippen molar-refractivity contribution in [2.75, 3.05) is 11.0 Å². The maximum atomic E-state index is 11.1. The van der Waals surface area contributed by atoms with Gasteiger partial charge in [0.15, 0.2) is 5.82 Å². The summed E-state index contributed by atoms with van der Waals surface area (Å²) in [4.78, 5) is 4.66. The molecule has 0 atom stereocenters. The molecule has 2 aromatic heterocycles. The van der Waals surface area contributed by atoms with Gasteiger partial charge in [0.05, 0.1) is 11.9 Å². The minimum Gasteiger partial charge on any atom is -0.333 e. The number of nitrogens with one attached hydrogen (secondary N) is 1. The van der Waals surface area contributed by atoms with Crippen LogP contribution in [-0.4, -0.2) is 24.8 Å². The summed E-state index contributed by atoms with van der Waals surface area (Å²) in [6.07, 6.45) is 1.09. The van der Waals surface area contributed by atoms with E-state index in [1.54, 1.807) is 18.4 Å². The van der Waals surface area contributed by atoms with Crippen molar-refractivity contribution in [3.8, 4) is 10.8 Å². The Morgan fingerprint density at radius 3 is 2.81 bits per heavy atom. The maximum Gasteiger partial charge on any atom is 0.270 e. The number of nitrogens with zero attached hydrogens (tertiary/aromatic N) is 2. The molecular formula is C8H9N3O3S2. The number of aryl methyl sites for hydroxylation is 1. The van der Waals surface area contributed by atoms with Crippen molar-refractivity contribution in [2.45, 2.75) is 6.92 Å². The van der Waals surface area contributed by atoms with Crippen LogP contribution < -0.4 is 4.72 Å². The summed E-state index contributed by atoms with van der Waals surface area (Å²) in [5, 5.41) is 5.41. The molecule has 86 valence electrons. The number of hydrogen-bond donors (Lipinski definition) is 1. The predicted molar refractivity (Wildman–Crippen MR) is 60.8 cm³/mol. The lowest BCUT2D eigenvalue weighted by molar-refractivity contribution is 0.426. The summed E-state index contributed by atoms with van der Waals surface area (Å²) in [5.74, 6) is 0.826. The van der Waals surface area contributed by atoms with Crippen LogP contribution in [0.1, 0.15) is 5.82 Å². The van der Waals surface area contributed by atoms with Gasteiger partial charge in [0.1, 0.15) is 4.88 Å². The SMILES string of the molecule is Cc1noc(-c2sccc2NS(C)(=O)=O)n1. The monoisotopic (exact) mass is 259 g/mol. The molecule has 6 nitrogen and oxygen atoms in total. The molecule has 2 heterocycles. The Labute approximate surface area is 96.4 Å². The topological polar surface area (TPSA) is 85.1 Å². The van der Waals surface area contributed by atoms with E-state index in [0.29, 0.717) is 22.3 Å². The van der Waals surface area contributed by atoms with Crippen LogP contribution in [0.5, 0.6) is 0 Å². The van der Waals surface area contributed by atoms with Crippen LogP contribution >= 0.6 is 11.3 Å². The van der Waals surface area contributed by atoms with Gasteiger partial charge >= 0.3 is 0 Å². The highest BCUT2D eigenvalue weighted by atomic mass is 32.2. The molecule has 0 aromatic carbocycles. The Morgan fingerprint density at radius 1 is 1.50 bits per heavy atom. The first kappa shape index (κ1) is 11.1. The average molecular weight is 259 g/mol. The molecule has 2 aromatic rings. The smallest absolute Gasteiger partial charge is 0.270 e. The van der Waals surface area contributed by atoms with Crippen LogP contribution in [0.25, 0.3) is 10.8 Å². The minimum absolute atomic E-state index is 0.318. The summed E-state index contributed by atoms with van der Waals surface area (Å²) in [5.41, 5.74) is 0.455. The predicted octanol–water partition coefficient (Wildman–Crippen LogP) is 1.48. The van der Waals surface area contributed by atoms with Gasteiger partial charge in [-0.2, -0.15) is 4.98 Å². The number of hydrogen-bond acceptors (Lipinski definition) is 6. The molecule has 0 fully saturated rings. The van der Waals surface area contributed by atoms with Crippen LogP contribution in [0.4, 0.5) is 5.69 Å². The lowest BCUT2D eigenvalue weighted by atomic mass is 10.4. The van der Waals surface area contributed by atoms with E-state index >= 15 is 0 Å². The number of aromatic nitrogens is 2. The summed E-state index contributed by atoms with van der Waals surface area (Å²) in [7, 11) is -3.30. The first-order chi connectivity index (χ1) is 7.46. The van der Waals surface area contributed by atoms with Crippen LogP contribution in [0.3, 0.4) is 0 Å². The quantitative estimate of drug-likeness (QED) is 0.902. The Balaban J connectivity index is 2.40. The number of thiophene rings is 1. The van der Waals surface area contributed by atoms with Crippen LogP contribution in [0.2, 0.25) is 0 Å². The molecule has 0 bridgehead atoms. The van der Waals surface area contributed by atoms with Gasteiger partial charge in [-0.3, -0.25) is 4.72 Å². The molecule has 0 saturated heterocycles. The second-order valence-electron chi connectivity index (χ2n) is 3.18. The standard InChI is InChI=1S/C8H9N3O3S2/c1-5-9-8(14-10-5)7-6(3-4-15-7)11-16(2,12)13/h3-4,11H,1-2H3. The summed E-state index contributed by atoms with van der Waals surface area (Å²) < 4.78 is 29.6. The van der Waals surface area contributed by atoms with Crippen LogP contribution in [-0.2, 0) is 10.0 Å². The lowest BCUT2D eigenvalue weighted by Gasteiger charge is -2.01. The molecule has 8 heteroatoms. The van der Waals surface area contributed by atoms with Gasteiger partial charge < -0.3 is 4.52 Å². The highest BCUT2D eigenvalue weighted by Gasteiger charge is 2.15. The molecule has 16 heavy (non-hydrogen) atoms. The molecule has 2 rings (SSSR count). The molecule has 0 aliphatic heterocycles. The van der Waals surface area contributed by atoms with Crippen molar-refractivity contribution in [3.05, 3.63) is 17.3 Å². The van der Waals surface area contributed by atoms with Crippen molar-refractivity contribution in [1.29, 1.82) is 0 Å². The van der Waals surface area contributed by atoms with E-state index in [2.05, 4.69) is 14.9 Å². The Morgan fingerprint density at radius 2 is 2.25 bits per heavy atom. The summed E-state index contributed by atoms with van der Waals surface area (Å²) in [6, 6.07) is 1.65.